The number of aromatic nitrogens is 1. The van der Waals surface area contributed by atoms with Crippen LogP contribution in [0.25, 0.3) is 0 Å². The molecule has 126 valence electrons. The lowest BCUT2D eigenvalue weighted by atomic mass is 10.2. The third kappa shape index (κ3) is 5.89. The van der Waals surface area contributed by atoms with Gasteiger partial charge < -0.3 is 15.4 Å². The molecule has 2 N–H and O–H groups in total. The summed E-state index contributed by atoms with van der Waals surface area (Å²) in [6, 6.07) is 10.3. The summed E-state index contributed by atoms with van der Waals surface area (Å²) in [5.74, 6) is 0.170. The Hall–Kier alpha value is -2.60. The standard InChI is InChI=1S/C17H18ClN3O3/c1-2-24-14-6-4-13(5-7-14)21-17(23)11-20-16(22)9-12-3-8-15(18)19-10-12/h3-8,10H,2,9,11H2,1H3,(H,20,22)(H,21,23). The van der Waals surface area contributed by atoms with Crippen LogP contribution in [-0.2, 0) is 16.0 Å². The summed E-state index contributed by atoms with van der Waals surface area (Å²) in [7, 11) is 0. The largest absolute Gasteiger partial charge is 0.494 e. The van der Waals surface area contributed by atoms with Gasteiger partial charge in [-0.05, 0) is 42.8 Å². The molecule has 6 nitrogen and oxygen atoms in total. The number of hydrogen-bond donors (Lipinski definition) is 2. The molecule has 24 heavy (non-hydrogen) atoms. The number of benzene rings is 1. The minimum absolute atomic E-state index is 0.104. The molecular weight excluding hydrogens is 330 g/mol. The van der Waals surface area contributed by atoms with E-state index in [0.717, 1.165) is 11.3 Å². The van der Waals surface area contributed by atoms with E-state index in [2.05, 4.69) is 15.6 Å². The van der Waals surface area contributed by atoms with Gasteiger partial charge in [0.2, 0.25) is 11.8 Å². The lowest BCUT2D eigenvalue weighted by Gasteiger charge is -2.08. The first-order valence-electron chi connectivity index (χ1n) is 7.46. The van der Waals surface area contributed by atoms with Crippen LogP contribution in [0, 0.1) is 0 Å². The van der Waals surface area contributed by atoms with E-state index in [1.807, 2.05) is 6.92 Å². The number of ether oxygens (including phenoxy) is 1. The molecule has 0 fully saturated rings. The van der Waals surface area contributed by atoms with Gasteiger partial charge in [0.15, 0.2) is 0 Å². The summed E-state index contributed by atoms with van der Waals surface area (Å²) < 4.78 is 5.33. The van der Waals surface area contributed by atoms with Crippen LogP contribution >= 0.6 is 11.6 Å². The molecule has 0 spiro atoms. The Labute approximate surface area is 145 Å². The zero-order valence-corrected chi connectivity index (χ0v) is 14.0. The number of nitrogens with zero attached hydrogens (tertiary/aromatic N) is 1. The van der Waals surface area contributed by atoms with E-state index >= 15 is 0 Å². The van der Waals surface area contributed by atoms with E-state index < -0.39 is 0 Å². The van der Waals surface area contributed by atoms with Gasteiger partial charge >= 0.3 is 0 Å². The van der Waals surface area contributed by atoms with Crippen LogP contribution in [0.15, 0.2) is 42.6 Å². The molecule has 0 unspecified atom stereocenters. The third-order valence-electron chi connectivity index (χ3n) is 3.05. The van der Waals surface area contributed by atoms with Crippen molar-refractivity contribution in [2.45, 2.75) is 13.3 Å². The Morgan fingerprint density at radius 1 is 1.12 bits per heavy atom. The molecule has 1 heterocycles. The Bertz CT molecular complexity index is 687. The highest BCUT2D eigenvalue weighted by Gasteiger charge is 2.07. The zero-order chi connectivity index (χ0) is 17.4. The fourth-order valence-electron chi connectivity index (χ4n) is 1.94. The number of carbonyl (C=O) groups excluding carboxylic acids is 2. The first-order chi connectivity index (χ1) is 11.6. The highest BCUT2D eigenvalue weighted by Crippen LogP contribution is 2.15. The van der Waals surface area contributed by atoms with Gasteiger partial charge in [0, 0.05) is 11.9 Å². The number of halogens is 1. The van der Waals surface area contributed by atoms with Crippen LogP contribution in [0.5, 0.6) is 5.75 Å². The molecule has 0 bridgehead atoms. The Balaban J connectivity index is 1.75. The maximum Gasteiger partial charge on any atom is 0.243 e. The third-order valence-corrected chi connectivity index (χ3v) is 3.27. The second-order valence-corrected chi connectivity index (χ2v) is 5.34. The quantitative estimate of drug-likeness (QED) is 0.754. The summed E-state index contributed by atoms with van der Waals surface area (Å²) in [4.78, 5) is 27.5. The van der Waals surface area contributed by atoms with Gasteiger partial charge in [-0.1, -0.05) is 17.7 Å². The van der Waals surface area contributed by atoms with E-state index in [0.29, 0.717) is 17.4 Å². The average Bonchev–Trinajstić information content (AvgIpc) is 2.57. The molecule has 0 radical (unpaired) electrons. The topological polar surface area (TPSA) is 80.3 Å². The van der Waals surface area contributed by atoms with Crippen molar-refractivity contribution in [2.75, 3.05) is 18.5 Å². The minimum Gasteiger partial charge on any atom is -0.494 e. The molecule has 0 saturated carbocycles. The van der Waals surface area contributed by atoms with Crippen molar-refractivity contribution in [2.24, 2.45) is 0 Å². The summed E-state index contributed by atoms with van der Waals surface area (Å²) in [6.45, 7) is 2.38. The normalized spacial score (nSPS) is 10.1. The first kappa shape index (κ1) is 17.7. The molecule has 0 saturated heterocycles. The van der Waals surface area contributed by atoms with Gasteiger partial charge in [-0.2, -0.15) is 0 Å². The van der Waals surface area contributed by atoms with E-state index in [1.54, 1.807) is 36.4 Å². The Morgan fingerprint density at radius 2 is 1.88 bits per heavy atom. The van der Waals surface area contributed by atoms with Crippen molar-refractivity contribution in [3.05, 3.63) is 53.3 Å². The summed E-state index contributed by atoms with van der Waals surface area (Å²) in [5, 5.41) is 5.63. The summed E-state index contributed by atoms with van der Waals surface area (Å²) in [5.41, 5.74) is 1.36. The van der Waals surface area contributed by atoms with Crippen LogP contribution in [-0.4, -0.2) is 29.9 Å². The van der Waals surface area contributed by atoms with Crippen molar-refractivity contribution in [3.8, 4) is 5.75 Å². The van der Waals surface area contributed by atoms with Gasteiger partial charge in [0.1, 0.15) is 10.9 Å². The molecule has 2 rings (SSSR count). The molecule has 2 aromatic rings. The summed E-state index contributed by atoms with van der Waals surface area (Å²) in [6.07, 6.45) is 1.67. The molecule has 1 aromatic heterocycles. The van der Waals surface area contributed by atoms with Gasteiger partial charge in [0.25, 0.3) is 0 Å². The van der Waals surface area contributed by atoms with Gasteiger partial charge in [-0.15, -0.1) is 0 Å². The smallest absolute Gasteiger partial charge is 0.243 e. The Morgan fingerprint density at radius 3 is 2.50 bits per heavy atom. The average molecular weight is 348 g/mol. The summed E-state index contributed by atoms with van der Waals surface area (Å²) >= 11 is 5.68. The molecule has 0 aliphatic rings. The van der Waals surface area contributed by atoms with Crippen LogP contribution in [0.4, 0.5) is 5.69 Å². The number of carbonyl (C=O) groups is 2. The van der Waals surface area contributed by atoms with E-state index in [-0.39, 0.29) is 24.8 Å². The maximum absolute atomic E-state index is 11.8. The second kappa shape index (κ2) is 8.88. The van der Waals surface area contributed by atoms with Crippen LogP contribution in [0.3, 0.4) is 0 Å². The number of rotatable bonds is 7. The number of nitrogens with one attached hydrogen (secondary N) is 2. The molecule has 7 heteroatoms. The predicted molar refractivity (Wildman–Crippen MR) is 92.2 cm³/mol. The number of amides is 2. The van der Waals surface area contributed by atoms with E-state index in [4.69, 9.17) is 16.3 Å². The monoisotopic (exact) mass is 347 g/mol. The predicted octanol–water partition coefficient (Wildman–Crippen LogP) is 2.43. The zero-order valence-electron chi connectivity index (χ0n) is 13.2. The molecule has 0 aliphatic carbocycles. The minimum atomic E-state index is -0.304. The van der Waals surface area contributed by atoms with Gasteiger partial charge in [-0.25, -0.2) is 4.98 Å². The van der Waals surface area contributed by atoms with Crippen molar-refractivity contribution in [3.63, 3.8) is 0 Å². The van der Waals surface area contributed by atoms with E-state index in [9.17, 15) is 9.59 Å². The lowest BCUT2D eigenvalue weighted by molar-refractivity contribution is -0.123. The van der Waals surface area contributed by atoms with E-state index in [1.165, 1.54) is 6.20 Å². The maximum atomic E-state index is 11.8. The van der Waals surface area contributed by atoms with Gasteiger partial charge in [-0.3, -0.25) is 9.59 Å². The van der Waals surface area contributed by atoms with Crippen molar-refractivity contribution in [1.82, 2.24) is 10.3 Å². The highest BCUT2D eigenvalue weighted by molar-refractivity contribution is 6.29. The number of anilines is 1. The van der Waals surface area contributed by atoms with Crippen molar-refractivity contribution < 1.29 is 14.3 Å². The number of hydrogen-bond acceptors (Lipinski definition) is 4. The first-order valence-corrected chi connectivity index (χ1v) is 7.84. The van der Waals surface area contributed by atoms with Gasteiger partial charge in [0.05, 0.1) is 19.6 Å². The second-order valence-electron chi connectivity index (χ2n) is 4.95. The number of pyridine rings is 1. The SMILES string of the molecule is CCOc1ccc(NC(=O)CNC(=O)Cc2ccc(Cl)nc2)cc1. The molecule has 0 atom stereocenters. The molecule has 2 amide bonds. The Kier molecular flexibility index (Phi) is 6.57. The van der Waals surface area contributed by atoms with Crippen molar-refractivity contribution >= 4 is 29.1 Å². The fraction of sp³-hybridized carbons (Fsp3) is 0.235. The molecular formula is C17H18ClN3O3. The van der Waals surface area contributed by atoms with Crippen LogP contribution in [0.2, 0.25) is 5.15 Å². The fourth-order valence-corrected chi connectivity index (χ4v) is 2.06. The molecule has 1 aromatic carbocycles. The lowest BCUT2D eigenvalue weighted by Crippen LogP contribution is -2.33. The van der Waals surface area contributed by atoms with Crippen molar-refractivity contribution in [1.29, 1.82) is 0 Å². The van der Waals surface area contributed by atoms with Crippen LogP contribution < -0.4 is 15.4 Å². The highest BCUT2D eigenvalue weighted by atomic mass is 35.5. The molecule has 0 aliphatic heterocycles. The van der Waals surface area contributed by atoms with Crippen LogP contribution in [0.1, 0.15) is 12.5 Å².